The molecule has 0 aliphatic carbocycles. The minimum Gasteiger partial charge on any atom is -0.399 e. The van der Waals surface area contributed by atoms with Crippen LogP contribution in [0.15, 0.2) is 24.3 Å². The fraction of sp³-hybridized carbons (Fsp3) is 0.625. The van der Waals surface area contributed by atoms with E-state index in [4.69, 9.17) is 5.73 Å². The summed E-state index contributed by atoms with van der Waals surface area (Å²) >= 11 is 0. The monoisotopic (exact) mass is 389 g/mol. The highest BCUT2D eigenvalue weighted by molar-refractivity contribution is 7.86. The van der Waals surface area contributed by atoms with E-state index in [0.29, 0.717) is 26.2 Å². The molecule has 9 heteroatoms. The Morgan fingerprint density at radius 1 is 0.960 bits per heavy atom. The van der Waals surface area contributed by atoms with Gasteiger partial charge in [0.25, 0.3) is 10.2 Å². The van der Waals surface area contributed by atoms with E-state index in [2.05, 4.69) is 15.9 Å². The average molecular weight is 390 g/mol. The average Bonchev–Trinajstić information content (AvgIpc) is 2.56. The third-order valence-corrected chi connectivity index (χ3v) is 6.84. The van der Waals surface area contributed by atoms with Gasteiger partial charge in [0.05, 0.1) is 0 Å². The number of benzene rings is 1. The summed E-state index contributed by atoms with van der Waals surface area (Å²) in [7, 11) is -1.29. The first-order valence-electron chi connectivity index (χ1n) is 8.46. The molecule has 1 aromatic rings. The Labute approximate surface area is 156 Å². The molecule has 142 valence electrons. The second kappa shape index (κ2) is 8.66. The fourth-order valence-corrected chi connectivity index (χ4v) is 4.83. The Bertz CT molecular complexity index is 656. The summed E-state index contributed by atoms with van der Waals surface area (Å²) in [5.74, 6) is 0. The van der Waals surface area contributed by atoms with E-state index in [1.807, 2.05) is 25.2 Å². The van der Waals surface area contributed by atoms with Crippen LogP contribution in [-0.4, -0.2) is 86.2 Å². The first-order valence-corrected chi connectivity index (χ1v) is 9.85. The van der Waals surface area contributed by atoms with Crippen LogP contribution in [0.1, 0.15) is 5.56 Å². The minimum atomic E-state index is -3.32. The van der Waals surface area contributed by atoms with Crippen LogP contribution in [0.5, 0.6) is 0 Å². The number of halogens is 1. The Morgan fingerprint density at radius 2 is 1.52 bits per heavy atom. The summed E-state index contributed by atoms with van der Waals surface area (Å²) in [5, 5.41) is 0. The van der Waals surface area contributed by atoms with Crippen molar-refractivity contribution in [2.75, 3.05) is 65.1 Å². The Morgan fingerprint density at radius 3 is 2.08 bits per heavy atom. The van der Waals surface area contributed by atoms with Gasteiger partial charge in [-0.25, -0.2) is 0 Å². The number of hydrogen-bond acceptors (Lipinski definition) is 5. The zero-order chi connectivity index (χ0) is 17.2. The summed E-state index contributed by atoms with van der Waals surface area (Å²) in [4.78, 5) is 4.44. The van der Waals surface area contributed by atoms with Crippen molar-refractivity contribution in [2.24, 2.45) is 0 Å². The van der Waals surface area contributed by atoms with E-state index in [1.54, 1.807) is 8.61 Å². The smallest absolute Gasteiger partial charge is 0.282 e. The molecular weight excluding hydrogens is 362 g/mol. The largest absolute Gasteiger partial charge is 0.399 e. The predicted octanol–water partition coefficient (Wildman–Crippen LogP) is 0.300. The van der Waals surface area contributed by atoms with E-state index in [1.165, 1.54) is 5.56 Å². The van der Waals surface area contributed by atoms with Crippen molar-refractivity contribution >= 4 is 28.3 Å². The standard InChI is InChI=1S/C16H27N5O2S.ClH/c1-18-5-9-20(10-6-18)24(22,23)21-11-7-19(8-12-21)14-15-3-2-4-16(17)13-15;/h2-4,13H,5-12,14,17H2,1H3;1H. The molecule has 2 aliphatic rings. The molecule has 3 rings (SSSR count). The quantitative estimate of drug-likeness (QED) is 0.750. The maximum atomic E-state index is 12.8. The lowest BCUT2D eigenvalue weighted by Gasteiger charge is -2.39. The Balaban J connectivity index is 0.00000225. The van der Waals surface area contributed by atoms with Crippen LogP contribution < -0.4 is 5.73 Å². The zero-order valence-corrected chi connectivity index (χ0v) is 16.3. The van der Waals surface area contributed by atoms with Gasteiger partial charge in [-0.15, -0.1) is 12.4 Å². The summed E-state index contributed by atoms with van der Waals surface area (Å²) in [5.41, 5.74) is 7.76. The molecule has 25 heavy (non-hydrogen) atoms. The maximum absolute atomic E-state index is 12.8. The highest BCUT2D eigenvalue weighted by Gasteiger charge is 2.33. The number of rotatable bonds is 4. The van der Waals surface area contributed by atoms with Crippen LogP contribution in [0.2, 0.25) is 0 Å². The van der Waals surface area contributed by atoms with Crippen molar-refractivity contribution in [3.8, 4) is 0 Å². The minimum absolute atomic E-state index is 0. The van der Waals surface area contributed by atoms with Gasteiger partial charge in [-0.2, -0.15) is 17.0 Å². The van der Waals surface area contributed by atoms with Gasteiger partial charge in [-0.1, -0.05) is 12.1 Å². The summed E-state index contributed by atoms with van der Waals surface area (Å²) < 4.78 is 28.8. The van der Waals surface area contributed by atoms with Crippen LogP contribution in [0.4, 0.5) is 5.69 Å². The zero-order valence-electron chi connectivity index (χ0n) is 14.7. The Kier molecular flexibility index (Phi) is 7.07. The van der Waals surface area contributed by atoms with Gasteiger partial charge in [0.2, 0.25) is 0 Å². The van der Waals surface area contributed by atoms with E-state index < -0.39 is 10.2 Å². The van der Waals surface area contributed by atoms with Gasteiger partial charge in [0.1, 0.15) is 0 Å². The summed E-state index contributed by atoms with van der Waals surface area (Å²) in [6.07, 6.45) is 0. The second-order valence-electron chi connectivity index (χ2n) is 6.63. The van der Waals surface area contributed by atoms with E-state index >= 15 is 0 Å². The molecule has 0 radical (unpaired) electrons. The van der Waals surface area contributed by atoms with Crippen molar-refractivity contribution in [2.45, 2.75) is 6.54 Å². The molecule has 2 saturated heterocycles. The first-order chi connectivity index (χ1) is 11.4. The molecule has 0 amide bonds. The molecule has 0 unspecified atom stereocenters. The van der Waals surface area contributed by atoms with Crippen LogP contribution >= 0.6 is 12.4 Å². The van der Waals surface area contributed by atoms with E-state index in [-0.39, 0.29) is 12.4 Å². The number of piperazine rings is 2. The molecule has 2 N–H and O–H groups in total. The lowest BCUT2D eigenvalue weighted by atomic mass is 10.2. The highest BCUT2D eigenvalue weighted by Crippen LogP contribution is 2.16. The third kappa shape index (κ3) is 5.06. The number of hydrogen-bond donors (Lipinski definition) is 1. The van der Waals surface area contributed by atoms with Crippen LogP contribution in [-0.2, 0) is 16.8 Å². The lowest BCUT2D eigenvalue weighted by Crippen LogP contribution is -2.56. The molecule has 2 heterocycles. The molecule has 0 bridgehead atoms. The van der Waals surface area contributed by atoms with E-state index in [9.17, 15) is 8.42 Å². The number of nitrogens with two attached hydrogens (primary N) is 1. The summed E-state index contributed by atoms with van der Waals surface area (Å²) in [6, 6.07) is 7.87. The van der Waals surface area contributed by atoms with Gasteiger partial charge in [-0.3, -0.25) is 4.90 Å². The van der Waals surface area contributed by atoms with Crippen molar-refractivity contribution in [3.63, 3.8) is 0 Å². The number of anilines is 1. The number of nitrogens with zero attached hydrogens (tertiary/aromatic N) is 4. The molecule has 1 aromatic carbocycles. The molecule has 2 fully saturated rings. The van der Waals surface area contributed by atoms with Gasteiger partial charge in [0.15, 0.2) is 0 Å². The third-order valence-electron chi connectivity index (χ3n) is 4.80. The van der Waals surface area contributed by atoms with Gasteiger partial charge in [-0.05, 0) is 24.7 Å². The molecule has 0 aromatic heterocycles. The van der Waals surface area contributed by atoms with Crippen molar-refractivity contribution < 1.29 is 8.42 Å². The Hall–Kier alpha value is -0.900. The molecule has 0 saturated carbocycles. The SMILES string of the molecule is CN1CCN(S(=O)(=O)N2CCN(Cc3cccc(N)c3)CC2)CC1.Cl. The fourth-order valence-electron chi connectivity index (χ4n) is 3.25. The van der Waals surface area contributed by atoms with Crippen LogP contribution in [0.3, 0.4) is 0 Å². The molecule has 0 atom stereocenters. The predicted molar refractivity (Wildman–Crippen MR) is 103 cm³/mol. The molecular formula is C16H28ClN5O2S. The lowest BCUT2D eigenvalue weighted by molar-refractivity contribution is 0.165. The van der Waals surface area contributed by atoms with Crippen LogP contribution in [0, 0.1) is 0 Å². The maximum Gasteiger partial charge on any atom is 0.282 e. The molecule has 7 nitrogen and oxygen atoms in total. The first kappa shape index (κ1) is 20.4. The summed E-state index contributed by atoms with van der Waals surface area (Å²) in [6.45, 7) is 6.19. The normalized spacial score (nSPS) is 21.8. The van der Waals surface area contributed by atoms with Crippen molar-refractivity contribution in [1.82, 2.24) is 18.4 Å². The van der Waals surface area contributed by atoms with Crippen molar-refractivity contribution in [3.05, 3.63) is 29.8 Å². The van der Waals surface area contributed by atoms with Gasteiger partial charge < -0.3 is 10.6 Å². The second-order valence-corrected chi connectivity index (χ2v) is 8.56. The molecule has 0 spiro atoms. The topological polar surface area (TPSA) is 73.1 Å². The number of likely N-dealkylation sites (N-methyl/N-ethyl adjacent to an activating group) is 1. The van der Waals surface area contributed by atoms with Crippen molar-refractivity contribution in [1.29, 1.82) is 0 Å². The number of nitrogen functional groups attached to an aromatic ring is 1. The highest BCUT2D eigenvalue weighted by atomic mass is 35.5. The van der Waals surface area contributed by atoms with Crippen LogP contribution in [0.25, 0.3) is 0 Å². The van der Waals surface area contributed by atoms with Gasteiger partial charge >= 0.3 is 0 Å². The van der Waals surface area contributed by atoms with E-state index in [0.717, 1.165) is 38.4 Å². The molecule has 2 aliphatic heterocycles. The van der Waals surface area contributed by atoms with Gasteiger partial charge in [0, 0.05) is 64.6 Å².